The number of nitrogens with one attached hydrogen (secondary N) is 1. The van der Waals surface area contributed by atoms with Crippen molar-refractivity contribution >= 4 is 11.6 Å². The van der Waals surface area contributed by atoms with Crippen LogP contribution >= 0.6 is 0 Å². The zero-order chi connectivity index (χ0) is 21.8. The summed E-state index contributed by atoms with van der Waals surface area (Å²) >= 11 is 0. The number of pyridine rings is 1. The van der Waals surface area contributed by atoms with Gasteiger partial charge < -0.3 is 9.88 Å². The van der Waals surface area contributed by atoms with Crippen LogP contribution in [0.25, 0.3) is 16.9 Å². The van der Waals surface area contributed by atoms with Crippen LogP contribution in [0.4, 0.5) is 0 Å². The lowest BCUT2D eigenvalue weighted by molar-refractivity contribution is -0.122. The molecule has 1 aromatic carbocycles. The Morgan fingerprint density at radius 2 is 1.84 bits per heavy atom. The summed E-state index contributed by atoms with van der Waals surface area (Å²) in [4.78, 5) is 29.4. The van der Waals surface area contributed by atoms with Gasteiger partial charge in [-0.2, -0.15) is 0 Å². The molecule has 3 heterocycles. The van der Waals surface area contributed by atoms with Gasteiger partial charge in [-0.25, -0.2) is 4.98 Å². The summed E-state index contributed by atoms with van der Waals surface area (Å²) in [6.07, 6.45) is 5.43. The van der Waals surface area contributed by atoms with Gasteiger partial charge in [0.05, 0.1) is 17.9 Å². The average molecular weight is 416 g/mol. The van der Waals surface area contributed by atoms with Crippen molar-refractivity contribution in [2.24, 2.45) is 5.92 Å². The van der Waals surface area contributed by atoms with Gasteiger partial charge in [0.25, 0.3) is 5.56 Å². The molecule has 8 heteroatoms. The molecule has 1 amide bonds. The van der Waals surface area contributed by atoms with Crippen molar-refractivity contribution in [2.45, 2.75) is 32.9 Å². The third-order valence-corrected chi connectivity index (χ3v) is 4.95. The SMILES string of the molecule is CC(C)C[C@H](NC(=O)Cn1cc(-c2ccccc2)ncc1=O)c1nnc2ccccn12. The van der Waals surface area contributed by atoms with Crippen LogP contribution in [-0.2, 0) is 11.3 Å². The maximum atomic E-state index is 12.9. The van der Waals surface area contributed by atoms with E-state index in [-0.39, 0.29) is 24.1 Å². The molecule has 0 spiro atoms. The molecule has 0 aliphatic carbocycles. The van der Waals surface area contributed by atoms with Crippen molar-refractivity contribution in [1.82, 2.24) is 29.5 Å². The van der Waals surface area contributed by atoms with Crippen LogP contribution in [0, 0.1) is 5.92 Å². The van der Waals surface area contributed by atoms with Crippen molar-refractivity contribution in [1.29, 1.82) is 0 Å². The van der Waals surface area contributed by atoms with Gasteiger partial charge in [-0.15, -0.1) is 10.2 Å². The van der Waals surface area contributed by atoms with Gasteiger partial charge >= 0.3 is 0 Å². The molecule has 158 valence electrons. The van der Waals surface area contributed by atoms with Crippen LogP contribution in [0.5, 0.6) is 0 Å². The molecule has 8 nitrogen and oxygen atoms in total. The molecule has 0 aliphatic heterocycles. The highest BCUT2D eigenvalue weighted by Crippen LogP contribution is 2.21. The van der Waals surface area contributed by atoms with Gasteiger partial charge in [-0.05, 0) is 24.5 Å². The highest BCUT2D eigenvalue weighted by Gasteiger charge is 2.22. The highest BCUT2D eigenvalue weighted by atomic mass is 16.2. The highest BCUT2D eigenvalue weighted by molar-refractivity contribution is 5.76. The normalized spacial score (nSPS) is 12.2. The summed E-state index contributed by atoms with van der Waals surface area (Å²) in [6.45, 7) is 4.07. The van der Waals surface area contributed by atoms with Gasteiger partial charge in [0.15, 0.2) is 11.5 Å². The summed E-state index contributed by atoms with van der Waals surface area (Å²) in [5.41, 5.74) is 1.90. The monoisotopic (exact) mass is 416 g/mol. The fourth-order valence-electron chi connectivity index (χ4n) is 3.52. The predicted octanol–water partition coefficient (Wildman–Crippen LogP) is 2.86. The van der Waals surface area contributed by atoms with Gasteiger partial charge in [-0.3, -0.25) is 14.0 Å². The largest absolute Gasteiger partial charge is 0.344 e. The van der Waals surface area contributed by atoms with Crippen LogP contribution in [0.2, 0.25) is 0 Å². The molecule has 0 aliphatic rings. The number of hydrogen-bond donors (Lipinski definition) is 1. The molecule has 0 unspecified atom stereocenters. The fourth-order valence-corrected chi connectivity index (χ4v) is 3.52. The van der Waals surface area contributed by atoms with Gasteiger partial charge in [0.1, 0.15) is 6.54 Å². The standard InChI is InChI=1S/C23H24N6O2/c1-16(2)12-18(23-27-26-20-10-6-7-11-29(20)23)25-21(30)15-28-14-19(24-13-22(28)31)17-8-4-3-5-9-17/h3-11,13-14,16,18H,12,15H2,1-2H3,(H,25,30)/t18-/m0/s1. The maximum absolute atomic E-state index is 12.9. The first-order valence-corrected chi connectivity index (χ1v) is 10.2. The average Bonchev–Trinajstić information content (AvgIpc) is 3.19. The lowest BCUT2D eigenvalue weighted by atomic mass is 10.0. The Morgan fingerprint density at radius 1 is 1.06 bits per heavy atom. The Kier molecular flexibility index (Phi) is 5.88. The second-order valence-electron chi connectivity index (χ2n) is 7.84. The topological polar surface area (TPSA) is 94.2 Å². The second kappa shape index (κ2) is 8.91. The minimum Gasteiger partial charge on any atom is -0.344 e. The molecule has 0 radical (unpaired) electrons. The van der Waals surface area contributed by atoms with Crippen molar-refractivity contribution in [3.8, 4) is 11.3 Å². The van der Waals surface area contributed by atoms with E-state index in [1.54, 1.807) is 6.20 Å². The molecule has 1 N–H and O–H groups in total. The minimum atomic E-state index is -0.330. The molecule has 3 aromatic heterocycles. The zero-order valence-electron chi connectivity index (χ0n) is 17.5. The lowest BCUT2D eigenvalue weighted by Crippen LogP contribution is -2.36. The van der Waals surface area contributed by atoms with Gasteiger partial charge in [-0.1, -0.05) is 50.2 Å². The molecular formula is C23H24N6O2. The molecular weight excluding hydrogens is 392 g/mol. The number of fused-ring (bicyclic) bond motifs is 1. The van der Waals surface area contributed by atoms with Crippen LogP contribution in [0.15, 0.2) is 71.9 Å². The quantitative estimate of drug-likeness (QED) is 0.500. The van der Waals surface area contributed by atoms with E-state index in [9.17, 15) is 9.59 Å². The van der Waals surface area contributed by atoms with E-state index >= 15 is 0 Å². The number of hydrogen-bond acceptors (Lipinski definition) is 5. The molecule has 1 atom stereocenters. The van der Waals surface area contributed by atoms with Crippen LogP contribution in [-0.4, -0.2) is 30.1 Å². The third-order valence-electron chi connectivity index (χ3n) is 4.95. The summed E-state index contributed by atoms with van der Waals surface area (Å²) < 4.78 is 3.25. The van der Waals surface area contributed by atoms with E-state index in [1.165, 1.54) is 10.8 Å². The Labute approximate surface area is 179 Å². The van der Waals surface area contributed by atoms with E-state index in [1.807, 2.05) is 59.1 Å². The Morgan fingerprint density at radius 3 is 2.61 bits per heavy atom. The van der Waals surface area contributed by atoms with E-state index in [4.69, 9.17) is 0 Å². The van der Waals surface area contributed by atoms with E-state index in [0.29, 0.717) is 23.9 Å². The second-order valence-corrected chi connectivity index (χ2v) is 7.84. The Balaban J connectivity index is 1.57. The van der Waals surface area contributed by atoms with Crippen LogP contribution < -0.4 is 10.9 Å². The summed E-state index contributed by atoms with van der Waals surface area (Å²) in [7, 11) is 0. The first-order valence-electron chi connectivity index (χ1n) is 10.2. The van der Waals surface area contributed by atoms with E-state index < -0.39 is 0 Å². The zero-order valence-corrected chi connectivity index (χ0v) is 17.5. The molecule has 0 bridgehead atoms. The number of carbonyl (C=O) groups excluding carboxylic acids is 1. The molecule has 31 heavy (non-hydrogen) atoms. The first kappa shape index (κ1) is 20.5. The maximum Gasteiger partial charge on any atom is 0.269 e. The molecule has 0 saturated carbocycles. The van der Waals surface area contributed by atoms with Crippen LogP contribution in [0.3, 0.4) is 0 Å². The van der Waals surface area contributed by atoms with Crippen LogP contribution in [0.1, 0.15) is 32.1 Å². The third kappa shape index (κ3) is 4.69. The molecule has 0 fully saturated rings. The fraction of sp³-hybridized carbons (Fsp3) is 0.261. The van der Waals surface area contributed by atoms with Crippen molar-refractivity contribution < 1.29 is 4.79 Å². The Bertz CT molecular complexity index is 1250. The lowest BCUT2D eigenvalue weighted by Gasteiger charge is -2.19. The van der Waals surface area contributed by atoms with Crippen molar-refractivity contribution in [3.05, 3.63) is 83.3 Å². The summed E-state index contributed by atoms with van der Waals surface area (Å²) in [5, 5.41) is 11.5. The molecule has 4 rings (SSSR count). The summed E-state index contributed by atoms with van der Waals surface area (Å²) in [5.74, 6) is 0.727. The van der Waals surface area contributed by atoms with Crippen molar-refractivity contribution in [2.75, 3.05) is 0 Å². The number of rotatable bonds is 7. The van der Waals surface area contributed by atoms with E-state index in [2.05, 4.69) is 34.3 Å². The Hall–Kier alpha value is -3.81. The minimum absolute atomic E-state index is 0.105. The van der Waals surface area contributed by atoms with Gasteiger partial charge in [0, 0.05) is 18.0 Å². The number of aromatic nitrogens is 5. The number of carbonyl (C=O) groups is 1. The molecule has 0 saturated heterocycles. The predicted molar refractivity (Wildman–Crippen MR) is 117 cm³/mol. The number of nitrogens with zero attached hydrogens (tertiary/aromatic N) is 5. The number of benzene rings is 1. The number of amides is 1. The van der Waals surface area contributed by atoms with Crippen molar-refractivity contribution in [3.63, 3.8) is 0 Å². The summed E-state index contributed by atoms with van der Waals surface area (Å²) in [6, 6.07) is 14.9. The smallest absolute Gasteiger partial charge is 0.269 e. The van der Waals surface area contributed by atoms with E-state index in [0.717, 1.165) is 11.2 Å². The van der Waals surface area contributed by atoms with Gasteiger partial charge in [0.2, 0.25) is 5.91 Å². The molecule has 4 aromatic rings. The first-order chi connectivity index (χ1) is 15.0.